The molecule has 2 heterocycles. The van der Waals surface area contributed by atoms with E-state index in [4.69, 9.17) is 4.52 Å². The zero-order valence-electron chi connectivity index (χ0n) is 17.5. The van der Waals surface area contributed by atoms with E-state index in [2.05, 4.69) is 4.98 Å². The molecular weight excluding hydrogens is 472 g/mol. The van der Waals surface area contributed by atoms with Crippen molar-refractivity contribution in [3.63, 3.8) is 0 Å². The molecule has 0 bridgehead atoms. The van der Waals surface area contributed by atoms with E-state index < -0.39 is 51.2 Å². The number of nitrogens with one attached hydrogen (secondary N) is 1. The number of aromatic amines is 1. The van der Waals surface area contributed by atoms with E-state index in [9.17, 15) is 35.8 Å². The van der Waals surface area contributed by atoms with Gasteiger partial charge in [0, 0.05) is 24.0 Å². The van der Waals surface area contributed by atoms with Gasteiger partial charge in [-0.15, -0.1) is 0 Å². The normalized spacial score (nSPS) is 19.1. The summed E-state index contributed by atoms with van der Waals surface area (Å²) in [7, 11) is -9.10. The SMILES string of the molecule is CCC(C)OP(=O)(O)c1cc2cc(S(=O)(=O)N3CCCCC3)c(C(F)(F)F)cc2[nH]c1=O. The molecular formula is C19H24F3N2O6PS. The average molecular weight is 496 g/mol. The number of nitrogens with zero attached hydrogens (tertiary/aromatic N) is 1. The fourth-order valence-electron chi connectivity index (χ4n) is 3.49. The topological polar surface area (TPSA) is 117 Å². The molecule has 0 saturated carbocycles. The van der Waals surface area contributed by atoms with Crippen molar-refractivity contribution in [1.29, 1.82) is 0 Å². The zero-order chi connectivity index (χ0) is 23.9. The lowest BCUT2D eigenvalue weighted by Crippen LogP contribution is -2.36. The molecule has 0 radical (unpaired) electrons. The molecule has 0 spiro atoms. The van der Waals surface area contributed by atoms with E-state index >= 15 is 0 Å². The fourth-order valence-corrected chi connectivity index (χ4v) is 6.60. The van der Waals surface area contributed by atoms with Crippen molar-refractivity contribution in [2.75, 3.05) is 13.1 Å². The summed E-state index contributed by atoms with van der Waals surface area (Å²) in [5.41, 5.74) is -2.82. The quantitative estimate of drug-likeness (QED) is 0.593. The number of aromatic nitrogens is 1. The summed E-state index contributed by atoms with van der Waals surface area (Å²) in [6.07, 6.45) is -3.44. The minimum atomic E-state index is -5.01. The molecule has 2 unspecified atom stereocenters. The van der Waals surface area contributed by atoms with Crippen LogP contribution in [-0.2, 0) is 25.3 Å². The number of pyridine rings is 1. The number of rotatable bonds is 6. The van der Waals surface area contributed by atoms with E-state index in [1.54, 1.807) is 6.92 Å². The Kier molecular flexibility index (Phi) is 6.93. The van der Waals surface area contributed by atoms with E-state index in [0.29, 0.717) is 25.3 Å². The van der Waals surface area contributed by atoms with Gasteiger partial charge in [0.15, 0.2) is 0 Å². The highest BCUT2D eigenvalue weighted by Crippen LogP contribution is 2.43. The van der Waals surface area contributed by atoms with Crippen LogP contribution >= 0.6 is 7.60 Å². The Hall–Kier alpha value is -1.72. The molecule has 13 heteroatoms. The number of alkyl halides is 3. The number of piperidine rings is 1. The number of halogens is 3. The third kappa shape index (κ3) is 4.94. The highest BCUT2D eigenvalue weighted by Gasteiger charge is 2.40. The highest BCUT2D eigenvalue weighted by molar-refractivity contribution is 7.89. The summed E-state index contributed by atoms with van der Waals surface area (Å²) in [5.74, 6) is 0. The van der Waals surface area contributed by atoms with Crippen LogP contribution < -0.4 is 10.9 Å². The summed E-state index contributed by atoms with van der Waals surface area (Å²) in [4.78, 5) is 23.8. The standard InChI is InChI=1S/C19H24F3N2O6PS/c1-3-12(2)30-31(26,27)16-9-13-10-17(32(28,29)24-7-5-4-6-8-24)14(19(20,21)22)11-15(13)23-18(16)25/h9-12H,3-8H2,1-2H3,(H,23,25)(H,26,27). The van der Waals surface area contributed by atoms with Crippen LogP contribution in [-0.4, -0.2) is 41.8 Å². The number of hydrogen-bond acceptors (Lipinski definition) is 5. The van der Waals surface area contributed by atoms with Gasteiger partial charge in [0.25, 0.3) is 5.56 Å². The molecule has 1 aliphatic heterocycles. The van der Waals surface area contributed by atoms with Crippen LogP contribution in [0.15, 0.2) is 27.9 Å². The highest BCUT2D eigenvalue weighted by atomic mass is 32.2. The third-order valence-corrected chi connectivity index (χ3v) is 8.89. The van der Waals surface area contributed by atoms with Crippen LogP contribution in [0, 0.1) is 0 Å². The lowest BCUT2D eigenvalue weighted by atomic mass is 10.1. The van der Waals surface area contributed by atoms with Crippen LogP contribution in [0.3, 0.4) is 0 Å². The Morgan fingerprint density at radius 3 is 2.41 bits per heavy atom. The zero-order valence-corrected chi connectivity index (χ0v) is 19.2. The first-order chi connectivity index (χ1) is 14.8. The van der Waals surface area contributed by atoms with Gasteiger partial charge >= 0.3 is 13.8 Å². The Balaban J connectivity index is 2.24. The lowest BCUT2D eigenvalue weighted by Gasteiger charge is -2.27. The van der Waals surface area contributed by atoms with Gasteiger partial charge in [-0.3, -0.25) is 9.36 Å². The number of H-pyrrole nitrogens is 1. The third-order valence-electron chi connectivity index (χ3n) is 5.37. The van der Waals surface area contributed by atoms with Gasteiger partial charge in [0.1, 0.15) is 5.30 Å². The smallest absolute Gasteiger partial charge is 0.321 e. The van der Waals surface area contributed by atoms with Gasteiger partial charge in [-0.1, -0.05) is 13.3 Å². The van der Waals surface area contributed by atoms with Crippen molar-refractivity contribution < 1.29 is 35.6 Å². The van der Waals surface area contributed by atoms with E-state index in [1.807, 2.05) is 0 Å². The van der Waals surface area contributed by atoms with Crippen LogP contribution in [0.2, 0.25) is 0 Å². The molecule has 1 saturated heterocycles. The molecule has 178 valence electrons. The molecule has 1 aliphatic rings. The van der Waals surface area contributed by atoms with E-state index in [1.165, 1.54) is 6.92 Å². The van der Waals surface area contributed by atoms with Crippen molar-refractivity contribution in [1.82, 2.24) is 9.29 Å². The minimum Gasteiger partial charge on any atom is -0.321 e. The molecule has 0 aliphatic carbocycles. The van der Waals surface area contributed by atoms with Crippen LogP contribution in [0.1, 0.15) is 45.1 Å². The molecule has 1 aromatic heterocycles. The summed E-state index contributed by atoms with van der Waals surface area (Å²) in [5, 5.41) is -0.809. The fraction of sp³-hybridized carbons (Fsp3) is 0.526. The Morgan fingerprint density at radius 2 is 1.84 bits per heavy atom. The number of hydrogen-bond donors (Lipinski definition) is 2. The molecule has 3 rings (SSSR count). The second kappa shape index (κ2) is 8.90. The average Bonchev–Trinajstić information content (AvgIpc) is 2.71. The van der Waals surface area contributed by atoms with Gasteiger partial charge in [0.05, 0.1) is 16.6 Å². The maximum absolute atomic E-state index is 13.7. The molecule has 2 aromatic rings. The minimum absolute atomic E-state index is 0.100. The largest absolute Gasteiger partial charge is 0.417 e. The van der Waals surface area contributed by atoms with Crippen molar-refractivity contribution in [2.24, 2.45) is 0 Å². The van der Waals surface area contributed by atoms with Crippen molar-refractivity contribution >= 4 is 33.8 Å². The Labute approximate surface area is 183 Å². The molecule has 2 atom stereocenters. The number of fused-ring (bicyclic) bond motifs is 1. The maximum atomic E-state index is 13.7. The maximum Gasteiger partial charge on any atom is 0.417 e. The molecule has 8 nitrogen and oxygen atoms in total. The predicted octanol–water partition coefficient (Wildman–Crippen LogP) is 3.35. The predicted molar refractivity (Wildman–Crippen MR) is 112 cm³/mol. The van der Waals surface area contributed by atoms with Gasteiger partial charge in [-0.05, 0) is 44.4 Å². The number of benzene rings is 1. The molecule has 0 amide bonds. The van der Waals surface area contributed by atoms with Crippen molar-refractivity contribution in [2.45, 2.75) is 56.7 Å². The van der Waals surface area contributed by atoms with Crippen LogP contribution in [0.4, 0.5) is 13.2 Å². The first kappa shape index (κ1) is 24.9. The van der Waals surface area contributed by atoms with E-state index in [0.717, 1.165) is 22.9 Å². The van der Waals surface area contributed by atoms with Gasteiger partial charge in [-0.2, -0.15) is 17.5 Å². The first-order valence-corrected chi connectivity index (χ1v) is 13.1. The number of sulfonamides is 1. The van der Waals surface area contributed by atoms with Crippen LogP contribution in [0.25, 0.3) is 10.9 Å². The summed E-state index contributed by atoms with van der Waals surface area (Å²) < 4.78 is 86.0. The summed E-state index contributed by atoms with van der Waals surface area (Å²) in [6, 6.07) is 2.23. The monoisotopic (exact) mass is 496 g/mol. The summed E-state index contributed by atoms with van der Waals surface area (Å²) >= 11 is 0. The van der Waals surface area contributed by atoms with Crippen molar-refractivity contribution in [3.05, 3.63) is 34.1 Å². The Morgan fingerprint density at radius 1 is 1.22 bits per heavy atom. The van der Waals surface area contributed by atoms with Crippen LogP contribution in [0.5, 0.6) is 0 Å². The Bertz CT molecular complexity index is 1220. The second-order valence-electron chi connectivity index (χ2n) is 7.73. The van der Waals surface area contributed by atoms with Crippen molar-refractivity contribution in [3.8, 4) is 0 Å². The second-order valence-corrected chi connectivity index (χ2v) is 11.4. The summed E-state index contributed by atoms with van der Waals surface area (Å²) in [6.45, 7) is 3.43. The van der Waals surface area contributed by atoms with E-state index in [-0.39, 0.29) is 24.0 Å². The molecule has 1 aromatic carbocycles. The van der Waals surface area contributed by atoms with Gasteiger partial charge in [-0.25, -0.2) is 8.42 Å². The lowest BCUT2D eigenvalue weighted by molar-refractivity contribution is -0.139. The van der Waals surface area contributed by atoms with Gasteiger partial charge < -0.3 is 14.4 Å². The van der Waals surface area contributed by atoms with Gasteiger partial charge in [0.2, 0.25) is 10.0 Å². The first-order valence-electron chi connectivity index (χ1n) is 10.1. The molecule has 2 N–H and O–H groups in total. The molecule has 32 heavy (non-hydrogen) atoms. The molecule has 1 fully saturated rings.